The van der Waals surface area contributed by atoms with E-state index in [4.69, 9.17) is 11.6 Å². The zero-order valence-corrected chi connectivity index (χ0v) is 60.4. The van der Waals surface area contributed by atoms with E-state index in [9.17, 15) is 0 Å². The van der Waals surface area contributed by atoms with Crippen LogP contribution in [0.15, 0.2) is 145 Å². The number of pyridine rings is 1. The second kappa shape index (κ2) is 37.5. The lowest BCUT2D eigenvalue weighted by Crippen LogP contribution is -2.14. The van der Waals surface area contributed by atoms with Crippen molar-refractivity contribution in [2.24, 2.45) is 28.6 Å². The fourth-order valence-electron chi connectivity index (χ4n) is 11.6. The van der Waals surface area contributed by atoms with Crippen LogP contribution in [0.4, 0.5) is 0 Å². The molecule has 0 spiro atoms. The summed E-state index contributed by atoms with van der Waals surface area (Å²) < 4.78 is 0. The van der Waals surface area contributed by atoms with Gasteiger partial charge in [-0.2, -0.15) is 0 Å². The number of hydrogen-bond acceptors (Lipinski definition) is 1. The number of fused-ring (bicyclic) bond motifs is 1. The molecule has 4 aromatic carbocycles. The first kappa shape index (κ1) is 75.7. The Kier molecular flexibility index (Phi) is 32.6. The molecule has 3 atom stereocenters. The molecule has 5 aromatic rings. The lowest BCUT2D eigenvalue weighted by atomic mass is 9.77. The molecule has 0 bridgehead atoms. The monoisotopic (exact) mass is 1170 g/mol. The third kappa shape index (κ3) is 23.1. The Labute approximate surface area is 537 Å². The van der Waals surface area contributed by atoms with Gasteiger partial charge in [0.1, 0.15) is 0 Å². The number of benzene rings is 4. The first-order valence-electron chi connectivity index (χ1n) is 34.8. The van der Waals surface area contributed by atoms with E-state index in [-0.39, 0.29) is 10.8 Å². The summed E-state index contributed by atoms with van der Waals surface area (Å²) in [5.41, 5.74) is 22.2. The molecule has 0 aliphatic heterocycles. The molecule has 1 nitrogen and oxygen atoms in total. The fraction of sp³-hybridized carbons (Fsp3) is 0.523. The van der Waals surface area contributed by atoms with Crippen molar-refractivity contribution in [3.63, 3.8) is 0 Å². The molecule has 0 aliphatic rings. The minimum Gasteiger partial charge on any atom is -0.246 e. The van der Waals surface area contributed by atoms with Crippen LogP contribution in [-0.2, 0) is 0 Å². The second-order valence-electron chi connectivity index (χ2n) is 28.3. The highest BCUT2D eigenvalue weighted by atomic mass is 14.7. The molecule has 0 radical (unpaired) electrons. The first-order chi connectivity index (χ1) is 41.2. The molecular formula is C86H127N. The Morgan fingerprint density at radius 1 is 0.552 bits per heavy atom. The van der Waals surface area contributed by atoms with Gasteiger partial charge in [0.25, 0.3) is 0 Å². The standard InChI is InChI=1S/C74H99N.C9H20.C3H8/c1-21-25-27-57(23-3)46-54(12)56(14)68-47-63(41-43-65(68)53(11)30-42-64(24-4)74(18,19)20)51(9)29-32-60(26-22-2)67-45-44-66(52(10)28-31-55(13)73(15,16)17)70-48-69(61-37-33-58(34-38-61)49(5)6)71(75-72(67)70)62-39-35-59(36-40-62)50(7)8;1-4-7-8-9(5-2)6-3;1-3-2/h24,28-45,47-50,54,56-57H,11,21-23,25-27,46H2,1-10,12-20H3;9H,4-8H2,1-3H3;3H2,1-2H3/b42-30-,51-29+,52-28+,55-31+,60-32+,64-24+;;. The molecule has 0 amide bonds. The highest BCUT2D eigenvalue weighted by molar-refractivity contribution is 6.03. The minimum atomic E-state index is 0.0632. The SMILES string of the molecule is C=C(/C=C\C(=C/C)C(C)(C)C)c1ccc(/C(C)=C/C=C(\CCC)c2ccc(/C(C)=C/C=C(\C)C(C)(C)C)c3cc(-c4ccc(C(C)C)cc4)c(-c4ccc(C(C)C)cc4)nc23)cc1C(C)C(C)CC(CC)CCCC.CCC.CCCCC(CC)CC. The van der Waals surface area contributed by atoms with Crippen LogP contribution < -0.4 is 0 Å². The van der Waals surface area contributed by atoms with Crippen molar-refractivity contribution in [1.82, 2.24) is 4.98 Å². The molecule has 3 unspecified atom stereocenters. The predicted octanol–water partition coefficient (Wildman–Crippen LogP) is 28.4. The van der Waals surface area contributed by atoms with E-state index in [1.54, 1.807) is 0 Å². The number of allylic oxidation sites excluding steroid dienone is 13. The average Bonchev–Trinajstić information content (AvgIpc) is 1.03. The third-order valence-electron chi connectivity index (χ3n) is 18.5. The van der Waals surface area contributed by atoms with E-state index in [1.807, 2.05) is 0 Å². The van der Waals surface area contributed by atoms with Crippen LogP contribution >= 0.6 is 0 Å². The molecule has 0 saturated heterocycles. The van der Waals surface area contributed by atoms with E-state index in [0.29, 0.717) is 23.7 Å². The van der Waals surface area contributed by atoms with Gasteiger partial charge in [0.15, 0.2) is 0 Å². The van der Waals surface area contributed by atoms with Crippen LogP contribution in [0.2, 0.25) is 0 Å². The summed E-state index contributed by atoms with van der Waals surface area (Å²) in [7, 11) is 0. The van der Waals surface area contributed by atoms with Gasteiger partial charge in [-0.1, -0.05) is 343 Å². The van der Waals surface area contributed by atoms with E-state index >= 15 is 0 Å². The van der Waals surface area contributed by atoms with Gasteiger partial charge in [0.05, 0.1) is 11.2 Å². The van der Waals surface area contributed by atoms with Gasteiger partial charge < -0.3 is 0 Å². The van der Waals surface area contributed by atoms with Gasteiger partial charge in [-0.15, -0.1) is 0 Å². The van der Waals surface area contributed by atoms with Crippen molar-refractivity contribution in [3.8, 4) is 22.4 Å². The first-order valence-corrected chi connectivity index (χ1v) is 34.8. The molecule has 476 valence electrons. The van der Waals surface area contributed by atoms with E-state index in [2.05, 4.69) is 294 Å². The van der Waals surface area contributed by atoms with E-state index in [0.717, 1.165) is 52.6 Å². The molecule has 5 rings (SSSR count). The average molecular weight is 1170 g/mol. The zero-order valence-electron chi connectivity index (χ0n) is 60.4. The Morgan fingerprint density at radius 2 is 1.07 bits per heavy atom. The Morgan fingerprint density at radius 3 is 1.56 bits per heavy atom. The summed E-state index contributed by atoms with van der Waals surface area (Å²) in [6.07, 6.45) is 32.7. The Bertz CT molecular complexity index is 3060. The predicted molar refractivity (Wildman–Crippen MR) is 397 cm³/mol. The quantitative estimate of drug-likeness (QED) is 0.0478. The van der Waals surface area contributed by atoms with Crippen LogP contribution in [0.3, 0.4) is 0 Å². The second-order valence-corrected chi connectivity index (χ2v) is 28.3. The maximum Gasteiger partial charge on any atom is 0.0791 e. The smallest absolute Gasteiger partial charge is 0.0791 e. The molecule has 0 aliphatic carbocycles. The summed E-state index contributed by atoms with van der Waals surface area (Å²) >= 11 is 0. The van der Waals surface area contributed by atoms with Gasteiger partial charge >= 0.3 is 0 Å². The lowest BCUT2D eigenvalue weighted by Gasteiger charge is -2.27. The number of rotatable bonds is 27. The number of unbranched alkanes of at least 4 members (excludes halogenated alkanes) is 2. The van der Waals surface area contributed by atoms with Gasteiger partial charge in [-0.25, -0.2) is 4.98 Å². The molecular weight excluding hydrogens is 1050 g/mol. The number of nitrogens with zero attached hydrogens (tertiary/aromatic N) is 1. The van der Waals surface area contributed by atoms with Crippen molar-refractivity contribution < 1.29 is 0 Å². The van der Waals surface area contributed by atoms with Crippen molar-refractivity contribution in [3.05, 3.63) is 184 Å². The fourth-order valence-corrected chi connectivity index (χ4v) is 11.6. The third-order valence-corrected chi connectivity index (χ3v) is 18.5. The zero-order chi connectivity index (χ0) is 65.2. The Balaban J connectivity index is 0.00000149. The summed E-state index contributed by atoms with van der Waals surface area (Å²) in [5, 5.41) is 1.18. The topological polar surface area (TPSA) is 12.9 Å². The van der Waals surface area contributed by atoms with Crippen LogP contribution in [-0.4, -0.2) is 4.98 Å². The van der Waals surface area contributed by atoms with Crippen LogP contribution in [0.1, 0.15) is 306 Å². The van der Waals surface area contributed by atoms with Gasteiger partial charge in [-0.3, -0.25) is 0 Å². The molecule has 1 heteroatoms. The molecule has 87 heavy (non-hydrogen) atoms. The summed E-state index contributed by atoms with van der Waals surface area (Å²) in [6, 6.07) is 32.7. The highest BCUT2D eigenvalue weighted by Crippen LogP contribution is 2.42. The molecule has 0 N–H and O–H groups in total. The minimum absolute atomic E-state index is 0.0632. The summed E-state index contributed by atoms with van der Waals surface area (Å²) in [5.74, 6) is 3.57. The summed E-state index contributed by atoms with van der Waals surface area (Å²) in [6.45, 7) is 59.5. The van der Waals surface area contributed by atoms with Crippen LogP contribution in [0, 0.1) is 28.6 Å². The van der Waals surface area contributed by atoms with Crippen molar-refractivity contribution in [2.45, 2.75) is 267 Å². The molecule has 0 saturated carbocycles. The van der Waals surface area contributed by atoms with Crippen LogP contribution in [0.5, 0.6) is 0 Å². The molecule has 1 aromatic heterocycles. The van der Waals surface area contributed by atoms with Crippen molar-refractivity contribution >= 4 is 33.2 Å². The maximum absolute atomic E-state index is 5.86. The number of hydrogen-bond donors (Lipinski definition) is 0. The van der Waals surface area contributed by atoms with Crippen molar-refractivity contribution in [1.29, 1.82) is 0 Å². The van der Waals surface area contributed by atoms with Gasteiger partial charge in [0.2, 0.25) is 0 Å². The number of aromatic nitrogens is 1. The Hall–Kier alpha value is -5.53. The van der Waals surface area contributed by atoms with Gasteiger partial charge in [-0.05, 0) is 160 Å². The molecule has 0 fully saturated rings. The lowest BCUT2D eigenvalue weighted by molar-refractivity contribution is 0.324. The molecule has 1 heterocycles. The normalized spacial score (nSPS) is 14.2. The summed E-state index contributed by atoms with van der Waals surface area (Å²) in [4.78, 5) is 5.86. The van der Waals surface area contributed by atoms with E-state index < -0.39 is 0 Å². The maximum atomic E-state index is 5.86. The largest absolute Gasteiger partial charge is 0.246 e. The highest BCUT2D eigenvalue weighted by Gasteiger charge is 2.24. The van der Waals surface area contributed by atoms with E-state index in [1.165, 1.54) is 148 Å². The van der Waals surface area contributed by atoms with Crippen molar-refractivity contribution in [2.75, 3.05) is 0 Å². The van der Waals surface area contributed by atoms with Crippen LogP contribution in [0.25, 0.3) is 55.6 Å². The van der Waals surface area contributed by atoms with Gasteiger partial charge in [0, 0.05) is 22.1 Å².